The number of halogens is 1. The number of nitrogens with zero attached hydrogens (tertiary/aromatic N) is 2. The molecule has 0 spiro atoms. The summed E-state index contributed by atoms with van der Waals surface area (Å²) in [5, 5.41) is 7.85. The number of hydrogen-bond acceptors (Lipinski definition) is 2. The Kier molecular flexibility index (Phi) is 7.05. The summed E-state index contributed by atoms with van der Waals surface area (Å²) in [7, 11) is 1.78. The van der Waals surface area contributed by atoms with Crippen molar-refractivity contribution in [2.75, 3.05) is 13.6 Å². The van der Waals surface area contributed by atoms with Crippen molar-refractivity contribution in [2.45, 2.75) is 13.0 Å². The molecule has 0 amide bonds. The molecule has 0 bridgehead atoms. The van der Waals surface area contributed by atoms with Crippen LogP contribution >= 0.6 is 24.0 Å². The zero-order chi connectivity index (χ0) is 15.9. The van der Waals surface area contributed by atoms with Crippen LogP contribution in [0.4, 0.5) is 0 Å². The minimum atomic E-state index is 0. The number of rotatable bonds is 5. The Labute approximate surface area is 159 Å². The third-order valence-electron chi connectivity index (χ3n) is 3.66. The fourth-order valence-corrected chi connectivity index (χ4v) is 2.48. The van der Waals surface area contributed by atoms with Gasteiger partial charge in [0, 0.05) is 43.1 Å². The van der Waals surface area contributed by atoms with Crippen molar-refractivity contribution in [3.8, 4) is 0 Å². The molecule has 0 aliphatic heterocycles. The molecule has 2 aromatic heterocycles. The molecule has 0 saturated heterocycles. The van der Waals surface area contributed by atoms with Gasteiger partial charge in [0.05, 0.1) is 6.54 Å². The van der Waals surface area contributed by atoms with E-state index in [0.717, 1.165) is 35.8 Å². The van der Waals surface area contributed by atoms with Gasteiger partial charge in [-0.1, -0.05) is 24.3 Å². The summed E-state index contributed by atoms with van der Waals surface area (Å²) in [5.74, 6) is 0.791. The van der Waals surface area contributed by atoms with Gasteiger partial charge < -0.3 is 15.6 Å². The van der Waals surface area contributed by atoms with Gasteiger partial charge in [-0.05, 0) is 29.7 Å². The molecule has 3 aromatic rings. The Bertz CT molecular complexity index is 749. The molecule has 3 N–H and O–H groups in total. The monoisotopic (exact) mass is 435 g/mol. The lowest BCUT2D eigenvalue weighted by molar-refractivity contribution is 0.778. The SMILES string of the molecule is CN=C(NCCc1ccccn1)NCc1cc2ccccc2[nH]1.I. The maximum absolute atomic E-state index is 4.31. The van der Waals surface area contributed by atoms with Gasteiger partial charge in [-0.3, -0.25) is 9.98 Å². The molecule has 24 heavy (non-hydrogen) atoms. The van der Waals surface area contributed by atoms with Gasteiger partial charge in [0.15, 0.2) is 5.96 Å². The number of aromatic amines is 1. The normalized spacial score (nSPS) is 11.1. The molecule has 0 aliphatic carbocycles. The number of fused-ring (bicyclic) bond motifs is 1. The number of aliphatic imine (C=N–C) groups is 1. The summed E-state index contributed by atoms with van der Waals surface area (Å²) in [6, 6.07) is 16.4. The van der Waals surface area contributed by atoms with E-state index in [1.54, 1.807) is 7.05 Å². The molecule has 0 fully saturated rings. The topological polar surface area (TPSA) is 65.1 Å². The average molecular weight is 435 g/mol. The van der Waals surface area contributed by atoms with Crippen molar-refractivity contribution in [1.29, 1.82) is 0 Å². The first-order valence-corrected chi connectivity index (χ1v) is 7.76. The highest BCUT2D eigenvalue weighted by atomic mass is 127. The molecule has 3 rings (SSSR count). The first-order valence-electron chi connectivity index (χ1n) is 7.76. The summed E-state index contributed by atoms with van der Waals surface area (Å²) in [6.45, 7) is 1.50. The summed E-state index contributed by atoms with van der Waals surface area (Å²) in [6.07, 6.45) is 2.69. The smallest absolute Gasteiger partial charge is 0.191 e. The molecule has 6 heteroatoms. The summed E-state index contributed by atoms with van der Waals surface area (Å²) in [5.41, 5.74) is 3.37. The lowest BCUT2D eigenvalue weighted by Gasteiger charge is -2.11. The molecule has 2 heterocycles. The Morgan fingerprint density at radius 2 is 1.96 bits per heavy atom. The highest BCUT2D eigenvalue weighted by Gasteiger charge is 2.02. The zero-order valence-corrected chi connectivity index (χ0v) is 16.0. The van der Waals surface area contributed by atoms with E-state index in [1.165, 1.54) is 5.39 Å². The van der Waals surface area contributed by atoms with Gasteiger partial charge in [-0.25, -0.2) is 0 Å². The van der Waals surface area contributed by atoms with Crippen LogP contribution in [0.1, 0.15) is 11.4 Å². The lowest BCUT2D eigenvalue weighted by Crippen LogP contribution is -2.38. The predicted molar refractivity (Wildman–Crippen MR) is 110 cm³/mol. The highest BCUT2D eigenvalue weighted by molar-refractivity contribution is 14.0. The summed E-state index contributed by atoms with van der Waals surface area (Å²) < 4.78 is 0. The quantitative estimate of drug-likeness (QED) is 0.328. The van der Waals surface area contributed by atoms with Crippen molar-refractivity contribution in [3.05, 3.63) is 66.1 Å². The molecular weight excluding hydrogens is 413 g/mol. The Balaban J connectivity index is 0.00000208. The van der Waals surface area contributed by atoms with E-state index in [0.29, 0.717) is 6.54 Å². The van der Waals surface area contributed by atoms with Gasteiger partial charge in [-0.2, -0.15) is 0 Å². The zero-order valence-electron chi connectivity index (χ0n) is 13.6. The van der Waals surface area contributed by atoms with E-state index in [2.05, 4.69) is 43.8 Å². The maximum atomic E-state index is 4.31. The van der Waals surface area contributed by atoms with Gasteiger partial charge in [-0.15, -0.1) is 24.0 Å². The van der Waals surface area contributed by atoms with Gasteiger partial charge >= 0.3 is 0 Å². The van der Waals surface area contributed by atoms with E-state index >= 15 is 0 Å². The number of nitrogens with one attached hydrogen (secondary N) is 3. The molecular formula is C18H22IN5. The van der Waals surface area contributed by atoms with Crippen LogP contribution in [0.15, 0.2) is 59.7 Å². The molecule has 126 valence electrons. The van der Waals surface area contributed by atoms with Crippen LogP contribution < -0.4 is 10.6 Å². The van der Waals surface area contributed by atoms with Crippen LogP contribution in [0.3, 0.4) is 0 Å². The van der Waals surface area contributed by atoms with E-state index < -0.39 is 0 Å². The molecule has 0 atom stereocenters. The molecule has 5 nitrogen and oxygen atoms in total. The molecule has 0 aliphatic rings. The largest absolute Gasteiger partial charge is 0.357 e. The number of guanidine groups is 1. The second-order valence-corrected chi connectivity index (χ2v) is 5.31. The third kappa shape index (κ3) is 4.95. The maximum Gasteiger partial charge on any atom is 0.191 e. The van der Waals surface area contributed by atoms with Crippen molar-refractivity contribution in [1.82, 2.24) is 20.6 Å². The predicted octanol–water partition coefficient (Wildman–Crippen LogP) is 3.09. The van der Waals surface area contributed by atoms with Crippen LogP contribution in [0.5, 0.6) is 0 Å². The number of aromatic nitrogens is 2. The molecule has 0 radical (unpaired) electrons. The van der Waals surface area contributed by atoms with Gasteiger partial charge in [0.25, 0.3) is 0 Å². The Morgan fingerprint density at radius 1 is 1.12 bits per heavy atom. The molecule has 0 unspecified atom stereocenters. The van der Waals surface area contributed by atoms with Crippen LogP contribution in [-0.4, -0.2) is 29.5 Å². The second kappa shape index (κ2) is 9.27. The van der Waals surface area contributed by atoms with E-state index in [-0.39, 0.29) is 24.0 Å². The van der Waals surface area contributed by atoms with Crippen LogP contribution in [0.2, 0.25) is 0 Å². The minimum absolute atomic E-state index is 0. The van der Waals surface area contributed by atoms with Crippen LogP contribution in [0.25, 0.3) is 10.9 Å². The van der Waals surface area contributed by atoms with Crippen LogP contribution in [0, 0.1) is 0 Å². The second-order valence-electron chi connectivity index (χ2n) is 5.31. The van der Waals surface area contributed by atoms with Crippen molar-refractivity contribution < 1.29 is 0 Å². The highest BCUT2D eigenvalue weighted by Crippen LogP contribution is 2.14. The van der Waals surface area contributed by atoms with Crippen molar-refractivity contribution in [3.63, 3.8) is 0 Å². The minimum Gasteiger partial charge on any atom is -0.357 e. The Morgan fingerprint density at radius 3 is 2.71 bits per heavy atom. The summed E-state index contributed by atoms with van der Waals surface area (Å²) >= 11 is 0. The summed E-state index contributed by atoms with van der Waals surface area (Å²) in [4.78, 5) is 12.0. The van der Waals surface area contributed by atoms with E-state index in [1.807, 2.05) is 36.5 Å². The first-order chi connectivity index (χ1) is 11.3. The number of para-hydroxylation sites is 1. The lowest BCUT2D eigenvalue weighted by atomic mass is 10.2. The molecule has 0 saturated carbocycles. The van der Waals surface area contributed by atoms with Crippen LogP contribution in [-0.2, 0) is 13.0 Å². The van der Waals surface area contributed by atoms with Crippen molar-refractivity contribution >= 4 is 40.8 Å². The first kappa shape index (κ1) is 18.3. The number of hydrogen-bond donors (Lipinski definition) is 3. The van der Waals surface area contributed by atoms with Gasteiger partial charge in [0.1, 0.15) is 0 Å². The van der Waals surface area contributed by atoms with E-state index in [9.17, 15) is 0 Å². The number of pyridine rings is 1. The Hall–Kier alpha value is -2.09. The average Bonchev–Trinajstić information content (AvgIpc) is 3.01. The molecule has 1 aromatic carbocycles. The third-order valence-corrected chi connectivity index (χ3v) is 3.66. The number of benzene rings is 1. The fourth-order valence-electron chi connectivity index (χ4n) is 2.48. The van der Waals surface area contributed by atoms with Crippen molar-refractivity contribution in [2.24, 2.45) is 4.99 Å². The standard InChI is InChI=1S/C18H21N5.HI/c1-19-18(21-11-9-15-7-4-5-10-20-15)22-13-16-12-14-6-2-3-8-17(14)23-16;/h2-8,10,12,23H,9,11,13H2,1H3,(H2,19,21,22);1H. The van der Waals surface area contributed by atoms with E-state index in [4.69, 9.17) is 0 Å². The van der Waals surface area contributed by atoms with Gasteiger partial charge in [0.2, 0.25) is 0 Å². The number of H-pyrrole nitrogens is 1. The fraction of sp³-hybridized carbons (Fsp3) is 0.222.